The van der Waals surface area contributed by atoms with Crippen LogP contribution >= 0.6 is 12.6 Å². The monoisotopic (exact) mass is 297 g/mol. The van der Waals surface area contributed by atoms with E-state index < -0.39 is 48.7 Å². The van der Waals surface area contributed by atoms with Gasteiger partial charge < -0.3 is 35.6 Å². The van der Waals surface area contributed by atoms with Crippen LogP contribution in [0.2, 0.25) is 0 Å². The number of carbonyl (C=O) groups excluding carboxylic acids is 1. The summed E-state index contributed by atoms with van der Waals surface area (Å²) in [7, 11) is 0. The van der Waals surface area contributed by atoms with Crippen LogP contribution in [0.25, 0.3) is 0 Å². The van der Waals surface area contributed by atoms with Crippen LogP contribution in [0, 0.1) is 0 Å². The first-order valence-corrected chi connectivity index (χ1v) is 5.92. The van der Waals surface area contributed by atoms with Crippen molar-refractivity contribution < 1.29 is 39.5 Å². The summed E-state index contributed by atoms with van der Waals surface area (Å²) < 4.78 is 9.36. The van der Waals surface area contributed by atoms with Gasteiger partial charge in [0.15, 0.2) is 6.10 Å². The second kappa shape index (κ2) is 6.50. The Kier molecular flexibility index (Phi) is 5.52. The van der Waals surface area contributed by atoms with Gasteiger partial charge in [-0.05, 0) is 0 Å². The molecule has 1 fully saturated rings. The molecule has 19 heavy (non-hydrogen) atoms. The zero-order valence-corrected chi connectivity index (χ0v) is 10.5. The first-order chi connectivity index (χ1) is 8.79. The minimum atomic E-state index is -1.85. The molecule has 0 amide bonds. The molecule has 9 nitrogen and oxygen atoms in total. The van der Waals surface area contributed by atoms with Gasteiger partial charge in [0, 0.05) is 5.75 Å². The molecule has 0 aromatic heterocycles. The van der Waals surface area contributed by atoms with Crippen LogP contribution in [0.4, 0.5) is 0 Å². The van der Waals surface area contributed by atoms with Gasteiger partial charge in [-0.25, -0.2) is 4.79 Å². The third-order valence-electron chi connectivity index (χ3n) is 2.54. The summed E-state index contributed by atoms with van der Waals surface area (Å²) in [4.78, 5) is 22.2. The van der Waals surface area contributed by atoms with Crippen molar-refractivity contribution in [2.45, 2.75) is 36.7 Å². The molecule has 0 unspecified atom stereocenters. The fourth-order valence-electron chi connectivity index (χ4n) is 1.43. The number of carbonyl (C=O) groups is 2. The topological polar surface area (TPSA) is 160 Å². The Morgan fingerprint density at radius 3 is 2.32 bits per heavy atom. The number of hydrogen-bond acceptors (Lipinski definition) is 9. The predicted octanol–water partition coefficient (Wildman–Crippen LogP) is -3.32. The van der Waals surface area contributed by atoms with Crippen molar-refractivity contribution in [2.75, 3.05) is 5.75 Å². The number of nitrogens with two attached hydrogens (primary N) is 1. The van der Waals surface area contributed by atoms with Gasteiger partial charge in [0.25, 0.3) is 0 Å². The van der Waals surface area contributed by atoms with Gasteiger partial charge in [-0.3, -0.25) is 4.79 Å². The van der Waals surface area contributed by atoms with E-state index in [4.69, 9.17) is 15.6 Å². The summed E-state index contributed by atoms with van der Waals surface area (Å²) >= 11 is 3.76. The third-order valence-corrected chi connectivity index (χ3v) is 2.94. The highest BCUT2D eigenvalue weighted by Crippen LogP contribution is 2.22. The number of rotatable bonds is 4. The smallest absolute Gasteiger partial charge is 0.335 e. The second-order valence-electron chi connectivity index (χ2n) is 3.96. The molecule has 1 saturated heterocycles. The molecule has 0 bridgehead atoms. The Morgan fingerprint density at radius 1 is 1.26 bits per heavy atom. The van der Waals surface area contributed by atoms with Gasteiger partial charge in [-0.1, -0.05) is 0 Å². The summed E-state index contributed by atoms with van der Waals surface area (Å²) in [6.07, 6.45) is -9.04. The number of hydrogen-bond donors (Lipinski definition) is 6. The number of aliphatic hydroxyl groups excluding tert-OH is 3. The molecule has 1 aliphatic rings. The van der Waals surface area contributed by atoms with Crippen LogP contribution in [0.5, 0.6) is 0 Å². The molecule has 1 heterocycles. The highest BCUT2D eigenvalue weighted by molar-refractivity contribution is 7.80. The Labute approximate surface area is 113 Å². The number of carboxylic acid groups (broad SMARTS) is 1. The summed E-state index contributed by atoms with van der Waals surface area (Å²) in [5, 5.41) is 37.2. The normalized spacial score (nSPS) is 36.6. The maximum absolute atomic E-state index is 11.4. The minimum Gasteiger partial charge on any atom is -0.479 e. The van der Waals surface area contributed by atoms with Crippen LogP contribution < -0.4 is 5.73 Å². The van der Waals surface area contributed by atoms with Gasteiger partial charge in [-0.15, -0.1) is 0 Å². The largest absolute Gasteiger partial charge is 0.479 e. The SMILES string of the molecule is N[C@@H](CS)C(=O)O[C@@H]1O[C@H](C(=O)O)[C@@H](O)[C@H](O)[C@H]1O. The average Bonchev–Trinajstić information content (AvgIpc) is 2.37. The standard InChI is InChI=1S/C9H15NO8S/c10-2(1-19)8(16)18-9-5(13)3(11)4(12)6(17-9)7(14)15/h2-6,9,11-13,19H,1,10H2,(H,14,15)/t2-,3-,4-,5+,6-,9-/m0/s1. The molecule has 6 atom stereocenters. The van der Waals surface area contributed by atoms with Crippen LogP contribution in [-0.2, 0) is 19.1 Å². The number of aliphatic carboxylic acids is 1. The van der Waals surface area contributed by atoms with E-state index >= 15 is 0 Å². The molecule has 0 spiro atoms. The van der Waals surface area contributed by atoms with E-state index in [1.807, 2.05) is 0 Å². The summed E-state index contributed by atoms with van der Waals surface area (Å²) in [5.74, 6) is -2.58. The van der Waals surface area contributed by atoms with E-state index in [9.17, 15) is 24.9 Å². The lowest BCUT2D eigenvalue weighted by molar-refractivity contribution is -0.286. The molecule has 1 aliphatic heterocycles. The lowest BCUT2D eigenvalue weighted by atomic mass is 9.99. The van der Waals surface area contributed by atoms with Crippen LogP contribution in [-0.4, -0.2) is 74.9 Å². The quantitative estimate of drug-likeness (QED) is 0.230. The molecule has 1 rings (SSSR count). The molecule has 10 heteroatoms. The van der Waals surface area contributed by atoms with Crippen LogP contribution in [0.3, 0.4) is 0 Å². The molecule has 6 N–H and O–H groups in total. The van der Waals surface area contributed by atoms with Crippen molar-refractivity contribution in [2.24, 2.45) is 5.73 Å². The maximum atomic E-state index is 11.4. The lowest BCUT2D eigenvalue weighted by Gasteiger charge is -2.38. The molecule has 0 radical (unpaired) electrons. The van der Waals surface area contributed by atoms with Crippen molar-refractivity contribution in [1.29, 1.82) is 0 Å². The second-order valence-corrected chi connectivity index (χ2v) is 4.33. The molecule has 0 aliphatic carbocycles. The predicted molar refractivity (Wildman–Crippen MR) is 62.2 cm³/mol. The molecular weight excluding hydrogens is 282 g/mol. The Morgan fingerprint density at radius 2 is 1.84 bits per heavy atom. The summed E-state index contributed by atoms with van der Waals surface area (Å²) in [6.45, 7) is 0. The van der Waals surface area contributed by atoms with Crippen molar-refractivity contribution >= 4 is 24.6 Å². The summed E-state index contributed by atoms with van der Waals surface area (Å²) in [6, 6.07) is -1.09. The Balaban J connectivity index is 2.77. The lowest BCUT2D eigenvalue weighted by Crippen LogP contribution is -2.61. The fraction of sp³-hybridized carbons (Fsp3) is 0.778. The van der Waals surface area contributed by atoms with Gasteiger partial charge in [0.1, 0.15) is 24.4 Å². The molecule has 0 aromatic rings. The van der Waals surface area contributed by atoms with Gasteiger partial charge in [0.05, 0.1) is 0 Å². The van der Waals surface area contributed by atoms with E-state index in [1.54, 1.807) is 0 Å². The van der Waals surface area contributed by atoms with Gasteiger partial charge in [0.2, 0.25) is 6.29 Å². The number of ether oxygens (including phenoxy) is 2. The first kappa shape index (κ1) is 16.1. The highest BCUT2D eigenvalue weighted by atomic mass is 32.1. The van der Waals surface area contributed by atoms with E-state index in [2.05, 4.69) is 17.4 Å². The zero-order valence-electron chi connectivity index (χ0n) is 9.62. The number of aliphatic hydroxyl groups is 3. The van der Waals surface area contributed by atoms with E-state index in [0.29, 0.717) is 0 Å². The summed E-state index contributed by atoms with van der Waals surface area (Å²) in [5.41, 5.74) is 5.32. The van der Waals surface area contributed by atoms with Crippen molar-refractivity contribution in [3.8, 4) is 0 Å². The first-order valence-electron chi connectivity index (χ1n) is 5.29. The Hall–Kier alpha value is -0.910. The minimum absolute atomic E-state index is 0.0326. The molecule has 0 saturated carbocycles. The van der Waals surface area contributed by atoms with Crippen LogP contribution in [0.1, 0.15) is 0 Å². The van der Waals surface area contributed by atoms with Crippen molar-refractivity contribution in [1.82, 2.24) is 0 Å². The zero-order chi connectivity index (χ0) is 14.7. The molecule has 110 valence electrons. The molecular formula is C9H15NO8S. The number of carboxylic acids is 1. The van der Waals surface area contributed by atoms with Crippen molar-refractivity contribution in [3.63, 3.8) is 0 Å². The van der Waals surface area contributed by atoms with Gasteiger partial charge >= 0.3 is 11.9 Å². The average molecular weight is 297 g/mol. The Bertz CT molecular complexity index is 353. The maximum Gasteiger partial charge on any atom is 0.335 e. The van der Waals surface area contributed by atoms with E-state index in [1.165, 1.54) is 0 Å². The highest BCUT2D eigenvalue weighted by Gasteiger charge is 2.48. The van der Waals surface area contributed by atoms with E-state index in [0.717, 1.165) is 0 Å². The molecule has 0 aromatic carbocycles. The number of esters is 1. The number of thiol groups is 1. The fourth-order valence-corrected chi connectivity index (χ4v) is 1.57. The van der Waals surface area contributed by atoms with Crippen molar-refractivity contribution in [3.05, 3.63) is 0 Å². The van der Waals surface area contributed by atoms with Gasteiger partial charge in [-0.2, -0.15) is 12.6 Å². The third kappa shape index (κ3) is 3.55. The van der Waals surface area contributed by atoms with E-state index in [-0.39, 0.29) is 5.75 Å². The van der Waals surface area contributed by atoms with Crippen LogP contribution in [0.15, 0.2) is 0 Å².